The van der Waals surface area contributed by atoms with Crippen molar-refractivity contribution in [3.05, 3.63) is 60.6 Å². The summed E-state index contributed by atoms with van der Waals surface area (Å²) in [6.45, 7) is 3.39. The number of anilines is 3. The van der Waals surface area contributed by atoms with E-state index in [-0.39, 0.29) is 5.91 Å². The van der Waals surface area contributed by atoms with Crippen LogP contribution >= 0.6 is 0 Å². The molecule has 3 aromatic rings. The first-order valence-electron chi connectivity index (χ1n) is 7.46. The minimum Gasteiger partial charge on any atom is -0.399 e. The van der Waals surface area contributed by atoms with Crippen molar-refractivity contribution in [1.29, 1.82) is 0 Å². The highest BCUT2D eigenvalue weighted by Gasteiger charge is 2.19. The molecule has 0 aliphatic heterocycles. The second-order valence-corrected chi connectivity index (χ2v) is 5.38. The van der Waals surface area contributed by atoms with Crippen molar-refractivity contribution in [3.63, 3.8) is 0 Å². The average Bonchev–Trinajstić information content (AvgIpc) is 2.59. The van der Waals surface area contributed by atoms with Gasteiger partial charge in [0.15, 0.2) is 0 Å². The molecule has 0 unspecified atom stereocenters. The Bertz CT molecular complexity index is 880. The van der Waals surface area contributed by atoms with Crippen molar-refractivity contribution in [3.8, 4) is 11.3 Å². The number of nitrogens with zero attached hydrogens (tertiary/aromatic N) is 4. The predicted molar refractivity (Wildman–Crippen MR) is 93.7 cm³/mol. The summed E-state index contributed by atoms with van der Waals surface area (Å²) in [5, 5.41) is 0. The van der Waals surface area contributed by atoms with Crippen molar-refractivity contribution in [1.82, 2.24) is 15.0 Å². The monoisotopic (exact) mass is 319 g/mol. The number of hydrogen-bond donors (Lipinski definition) is 1. The summed E-state index contributed by atoms with van der Waals surface area (Å²) in [6.07, 6.45) is 5.04. The molecule has 2 heterocycles. The molecule has 1 aromatic carbocycles. The van der Waals surface area contributed by atoms with Gasteiger partial charge in [-0.3, -0.25) is 9.78 Å². The molecule has 120 valence electrons. The van der Waals surface area contributed by atoms with Gasteiger partial charge in [0.05, 0.1) is 11.4 Å². The normalized spacial score (nSPS) is 10.4. The second kappa shape index (κ2) is 6.45. The molecule has 1 amide bonds. The first-order chi connectivity index (χ1) is 11.6. The first-order valence-corrected chi connectivity index (χ1v) is 7.46. The van der Waals surface area contributed by atoms with Gasteiger partial charge < -0.3 is 5.73 Å². The van der Waals surface area contributed by atoms with Crippen LogP contribution < -0.4 is 10.6 Å². The lowest BCUT2D eigenvalue weighted by atomic mass is 10.1. The van der Waals surface area contributed by atoms with E-state index in [9.17, 15) is 4.79 Å². The minimum absolute atomic E-state index is 0.188. The fourth-order valence-corrected chi connectivity index (χ4v) is 2.42. The Balaban J connectivity index is 2.10. The molecular weight excluding hydrogens is 302 g/mol. The van der Waals surface area contributed by atoms with Crippen LogP contribution in [0.4, 0.5) is 17.3 Å². The Morgan fingerprint density at radius 1 is 1.17 bits per heavy atom. The van der Waals surface area contributed by atoms with Gasteiger partial charge >= 0.3 is 0 Å². The molecule has 0 atom stereocenters. The first kappa shape index (κ1) is 15.6. The van der Waals surface area contributed by atoms with Crippen molar-refractivity contribution in [2.45, 2.75) is 13.8 Å². The Kier molecular flexibility index (Phi) is 4.20. The molecule has 0 spiro atoms. The summed E-state index contributed by atoms with van der Waals surface area (Å²) >= 11 is 0. The van der Waals surface area contributed by atoms with Crippen molar-refractivity contribution < 1.29 is 4.79 Å². The fraction of sp³-hybridized carbons (Fsp3) is 0.111. The van der Waals surface area contributed by atoms with E-state index in [2.05, 4.69) is 15.0 Å². The van der Waals surface area contributed by atoms with Gasteiger partial charge in [0.25, 0.3) is 0 Å². The maximum absolute atomic E-state index is 12.2. The van der Waals surface area contributed by atoms with Crippen LogP contribution in [0.1, 0.15) is 12.5 Å². The van der Waals surface area contributed by atoms with Gasteiger partial charge in [-0.05, 0) is 42.8 Å². The summed E-state index contributed by atoms with van der Waals surface area (Å²) in [5.41, 5.74) is 9.59. The van der Waals surface area contributed by atoms with Gasteiger partial charge in [-0.1, -0.05) is 6.07 Å². The highest BCUT2D eigenvalue weighted by molar-refractivity contribution is 5.98. The lowest BCUT2D eigenvalue weighted by Crippen LogP contribution is -2.25. The van der Waals surface area contributed by atoms with Crippen molar-refractivity contribution in [2.75, 3.05) is 10.6 Å². The fourth-order valence-electron chi connectivity index (χ4n) is 2.42. The molecule has 0 aliphatic rings. The summed E-state index contributed by atoms with van der Waals surface area (Å²) in [4.78, 5) is 26.6. The van der Waals surface area contributed by atoms with E-state index in [1.165, 1.54) is 11.8 Å². The second-order valence-electron chi connectivity index (χ2n) is 5.38. The zero-order valence-corrected chi connectivity index (χ0v) is 13.5. The van der Waals surface area contributed by atoms with Gasteiger partial charge in [0.2, 0.25) is 11.9 Å². The third kappa shape index (κ3) is 3.08. The largest absolute Gasteiger partial charge is 0.399 e. The zero-order chi connectivity index (χ0) is 17.1. The molecule has 0 fully saturated rings. The minimum atomic E-state index is -0.188. The highest BCUT2D eigenvalue weighted by atomic mass is 16.2. The van der Waals surface area contributed by atoms with Gasteiger partial charge in [0, 0.05) is 36.8 Å². The molecule has 6 nitrogen and oxygen atoms in total. The number of nitrogen functional groups attached to an aromatic ring is 1. The number of carbonyl (C=O) groups excluding carboxylic acids is 1. The zero-order valence-electron chi connectivity index (χ0n) is 13.5. The summed E-state index contributed by atoms with van der Waals surface area (Å²) in [6, 6.07) is 10.9. The maximum Gasteiger partial charge on any atom is 0.237 e. The number of amides is 1. The number of pyridine rings is 1. The standard InChI is InChI=1S/C18H17N5O/c1-12-5-6-15(19)10-17(12)23(13(2)24)18-21-9-7-16(22-18)14-4-3-8-20-11-14/h3-11H,19H2,1-2H3. The van der Waals surface area contributed by atoms with Gasteiger partial charge in [-0.25, -0.2) is 14.9 Å². The van der Waals surface area contributed by atoms with Crippen LogP contribution in [0.25, 0.3) is 11.3 Å². The highest BCUT2D eigenvalue weighted by Crippen LogP contribution is 2.29. The molecule has 24 heavy (non-hydrogen) atoms. The lowest BCUT2D eigenvalue weighted by Gasteiger charge is -2.21. The van der Waals surface area contributed by atoms with Crippen LogP contribution in [0.5, 0.6) is 0 Å². The number of aryl methyl sites for hydroxylation is 1. The molecule has 0 saturated heterocycles. The molecule has 0 bridgehead atoms. The summed E-state index contributed by atoms with van der Waals surface area (Å²) < 4.78 is 0. The van der Waals surface area contributed by atoms with E-state index >= 15 is 0 Å². The van der Waals surface area contributed by atoms with Crippen LogP contribution in [0, 0.1) is 6.92 Å². The number of aromatic nitrogens is 3. The van der Waals surface area contributed by atoms with Crippen LogP contribution in [-0.4, -0.2) is 20.9 Å². The lowest BCUT2D eigenvalue weighted by molar-refractivity contribution is -0.115. The molecule has 3 rings (SSSR count). The Morgan fingerprint density at radius 3 is 2.71 bits per heavy atom. The summed E-state index contributed by atoms with van der Waals surface area (Å²) in [7, 11) is 0. The summed E-state index contributed by atoms with van der Waals surface area (Å²) in [5.74, 6) is 0.115. The smallest absolute Gasteiger partial charge is 0.237 e. The van der Waals surface area contributed by atoms with Crippen molar-refractivity contribution >= 4 is 23.2 Å². The number of carbonyl (C=O) groups is 1. The quantitative estimate of drug-likeness (QED) is 0.750. The van der Waals surface area contributed by atoms with E-state index in [0.29, 0.717) is 23.0 Å². The molecule has 0 saturated carbocycles. The number of hydrogen-bond acceptors (Lipinski definition) is 5. The SMILES string of the molecule is CC(=O)N(c1nccc(-c2cccnc2)n1)c1cc(N)ccc1C. The van der Waals surface area contributed by atoms with E-state index in [0.717, 1.165) is 11.1 Å². The van der Waals surface area contributed by atoms with Gasteiger partial charge in [-0.2, -0.15) is 0 Å². The Hall–Kier alpha value is -3.28. The third-order valence-corrected chi connectivity index (χ3v) is 3.59. The van der Waals surface area contributed by atoms with Crippen LogP contribution in [-0.2, 0) is 4.79 Å². The molecule has 0 radical (unpaired) electrons. The van der Waals surface area contributed by atoms with Crippen molar-refractivity contribution in [2.24, 2.45) is 0 Å². The van der Waals surface area contributed by atoms with E-state index < -0.39 is 0 Å². The molecule has 2 aromatic heterocycles. The van der Waals surface area contributed by atoms with E-state index in [1.807, 2.05) is 25.1 Å². The molecule has 2 N–H and O–H groups in total. The predicted octanol–water partition coefficient (Wildman–Crippen LogP) is 3.11. The topological polar surface area (TPSA) is 85.0 Å². The molecule has 0 aliphatic carbocycles. The average molecular weight is 319 g/mol. The Labute approximate surface area is 140 Å². The maximum atomic E-state index is 12.2. The number of nitrogens with two attached hydrogens (primary N) is 1. The van der Waals surface area contributed by atoms with Crippen LogP contribution in [0.15, 0.2) is 55.0 Å². The van der Waals surface area contributed by atoms with Crippen LogP contribution in [0.3, 0.4) is 0 Å². The van der Waals surface area contributed by atoms with Crippen LogP contribution in [0.2, 0.25) is 0 Å². The molecular formula is C18H17N5O. The van der Waals surface area contributed by atoms with Gasteiger partial charge in [-0.15, -0.1) is 0 Å². The van der Waals surface area contributed by atoms with E-state index in [1.54, 1.807) is 36.8 Å². The third-order valence-electron chi connectivity index (χ3n) is 3.59. The molecule has 6 heteroatoms. The number of rotatable bonds is 3. The Morgan fingerprint density at radius 2 is 2.00 bits per heavy atom. The number of benzene rings is 1. The van der Waals surface area contributed by atoms with Gasteiger partial charge in [0.1, 0.15) is 0 Å². The van der Waals surface area contributed by atoms with E-state index in [4.69, 9.17) is 5.73 Å².